The number of nitrogens with one attached hydrogen (secondary N) is 1. The van der Waals surface area contributed by atoms with Crippen LogP contribution in [0.25, 0.3) is 0 Å². The monoisotopic (exact) mass is 165 g/mol. The molecule has 0 saturated heterocycles. The second-order valence-electron chi connectivity index (χ2n) is 3.29. The molecule has 0 aliphatic rings. The van der Waals surface area contributed by atoms with Crippen LogP contribution in [0.15, 0.2) is 0 Å². The average molecular weight is 166 g/mol. The summed E-state index contributed by atoms with van der Waals surface area (Å²) in [5.41, 5.74) is 0. The standard InChI is InChI=1S/C8H19N.ClH/c1-7(2)5-6-9-8(3)4;/h7-9H,5-6H2,1-4H3;1H. The molecule has 1 N–H and O–H groups in total. The Bertz CT molecular complexity index is 54.3. The lowest BCUT2D eigenvalue weighted by Crippen LogP contribution is -2.24. The molecule has 0 unspecified atom stereocenters. The van der Waals surface area contributed by atoms with Gasteiger partial charge in [0.15, 0.2) is 0 Å². The largest absolute Gasteiger partial charge is 0.315 e. The molecule has 0 aromatic carbocycles. The molecule has 0 aromatic heterocycles. The van der Waals surface area contributed by atoms with E-state index >= 15 is 0 Å². The van der Waals surface area contributed by atoms with Crippen LogP contribution in [0.1, 0.15) is 34.1 Å². The van der Waals surface area contributed by atoms with Crippen LogP contribution in [-0.2, 0) is 0 Å². The molecule has 0 atom stereocenters. The van der Waals surface area contributed by atoms with Crippen molar-refractivity contribution in [3.8, 4) is 0 Å². The summed E-state index contributed by atoms with van der Waals surface area (Å²) in [5, 5.41) is 3.38. The van der Waals surface area contributed by atoms with Crippen molar-refractivity contribution in [1.82, 2.24) is 5.32 Å². The Morgan fingerprint density at radius 3 is 1.90 bits per heavy atom. The van der Waals surface area contributed by atoms with Gasteiger partial charge in [0, 0.05) is 6.04 Å². The highest BCUT2D eigenvalue weighted by Gasteiger charge is 1.93. The first-order chi connectivity index (χ1) is 4.13. The van der Waals surface area contributed by atoms with Gasteiger partial charge < -0.3 is 5.32 Å². The van der Waals surface area contributed by atoms with Gasteiger partial charge in [-0.2, -0.15) is 0 Å². The van der Waals surface area contributed by atoms with E-state index in [4.69, 9.17) is 0 Å². The van der Waals surface area contributed by atoms with E-state index in [0.717, 1.165) is 12.5 Å². The number of halogens is 1. The highest BCUT2D eigenvalue weighted by Crippen LogP contribution is 1.96. The summed E-state index contributed by atoms with van der Waals surface area (Å²) in [6, 6.07) is 0.642. The first kappa shape index (κ1) is 12.9. The van der Waals surface area contributed by atoms with Gasteiger partial charge in [0.05, 0.1) is 0 Å². The van der Waals surface area contributed by atoms with Gasteiger partial charge in [0.2, 0.25) is 0 Å². The van der Waals surface area contributed by atoms with Crippen LogP contribution < -0.4 is 5.32 Å². The smallest absolute Gasteiger partial charge is 0.00103 e. The van der Waals surface area contributed by atoms with Gasteiger partial charge in [0.25, 0.3) is 0 Å². The molecular formula is C8H20ClN. The van der Waals surface area contributed by atoms with E-state index in [9.17, 15) is 0 Å². The van der Waals surface area contributed by atoms with E-state index in [-0.39, 0.29) is 12.4 Å². The van der Waals surface area contributed by atoms with Gasteiger partial charge in [-0.25, -0.2) is 0 Å². The van der Waals surface area contributed by atoms with Crippen LogP contribution in [0.4, 0.5) is 0 Å². The van der Waals surface area contributed by atoms with Gasteiger partial charge in [-0.15, -0.1) is 12.4 Å². The first-order valence-electron chi connectivity index (χ1n) is 3.86. The molecule has 0 radical (unpaired) electrons. The van der Waals surface area contributed by atoms with E-state index in [2.05, 4.69) is 33.0 Å². The SMILES string of the molecule is CC(C)CCNC(C)C.Cl. The quantitative estimate of drug-likeness (QED) is 0.675. The lowest BCUT2D eigenvalue weighted by atomic mass is 10.1. The molecule has 2 heteroatoms. The van der Waals surface area contributed by atoms with Crippen LogP contribution in [0.5, 0.6) is 0 Å². The van der Waals surface area contributed by atoms with E-state index in [1.165, 1.54) is 6.42 Å². The first-order valence-corrected chi connectivity index (χ1v) is 3.86. The number of hydrogen-bond acceptors (Lipinski definition) is 1. The Kier molecular flexibility index (Phi) is 9.48. The predicted octanol–water partition coefficient (Wildman–Crippen LogP) is 2.45. The minimum absolute atomic E-state index is 0. The molecule has 0 aromatic rings. The molecule has 0 bridgehead atoms. The molecule has 1 nitrogen and oxygen atoms in total. The summed E-state index contributed by atoms with van der Waals surface area (Å²) in [6.07, 6.45) is 1.29. The fourth-order valence-electron chi connectivity index (χ4n) is 0.661. The molecule has 10 heavy (non-hydrogen) atoms. The molecule has 64 valence electrons. The molecule has 0 aliphatic heterocycles. The van der Waals surface area contributed by atoms with Crippen molar-refractivity contribution < 1.29 is 0 Å². The highest BCUT2D eigenvalue weighted by atomic mass is 35.5. The van der Waals surface area contributed by atoms with Gasteiger partial charge in [-0.1, -0.05) is 27.7 Å². The maximum absolute atomic E-state index is 3.38. The second-order valence-corrected chi connectivity index (χ2v) is 3.29. The zero-order chi connectivity index (χ0) is 7.28. The van der Waals surface area contributed by atoms with E-state index in [0.29, 0.717) is 6.04 Å². The Hall–Kier alpha value is 0.250. The van der Waals surface area contributed by atoms with Crippen LogP contribution >= 0.6 is 12.4 Å². The highest BCUT2D eigenvalue weighted by molar-refractivity contribution is 5.85. The third-order valence-corrected chi connectivity index (χ3v) is 1.27. The van der Waals surface area contributed by atoms with Crippen LogP contribution in [0, 0.1) is 5.92 Å². The van der Waals surface area contributed by atoms with Crippen molar-refractivity contribution in [2.45, 2.75) is 40.2 Å². The third kappa shape index (κ3) is 11.1. The molecule has 0 rings (SSSR count). The fraction of sp³-hybridized carbons (Fsp3) is 1.00. The zero-order valence-corrected chi connectivity index (χ0v) is 8.29. The third-order valence-electron chi connectivity index (χ3n) is 1.27. The van der Waals surface area contributed by atoms with Gasteiger partial charge in [-0.05, 0) is 18.9 Å². The molecular weight excluding hydrogens is 146 g/mol. The molecule has 0 aliphatic carbocycles. The fourth-order valence-corrected chi connectivity index (χ4v) is 0.661. The lowest BCUT2D eigenvalue weighted by Gasteiger charge is -2.08. The van der Waals surface area contributed by atoms with Gasteiger partial charge >= 0.3 is 0 Å². The van der Waals surface area contributed by atoms with Crippen molar-refractivity contribution in [2.75, 3.05) is 6.54 Å². The van der Waals surface area contributed by atoms with Crippen molar-refractivity contribution in [2.24, 2.45) is 5.92 Å². The van der Waals surface area contributed by atoms with E-state index in [1.54, 1.807) is 0 Å². The number of rotatable bonds is 4. The summed E-state index contributed by atoms with van der Waals surface area (Å²) in [7, 11) is 0. The Balaban J connectivity index is 0. The van der Waals surface area contributed by atoms with E-state index in [1.807, 2.05) is 0 Å². The molecule has 0 amide bonds. The zero-order valence-electron chi connectivity index (χ0n) is 7.48. The average Bonchev–Trinajstić information content (AvgIpc) is 1.63. The summed E-state index contributed by atoms with van der Waals surface area (Å²) >= 11 is 0. The summed E-state index contributed by atoms with van der Waals surface area (Å²) in [5.74, 6) is 0.830. The van der Waals surface area contributed by atoms with Gasteiger partial charge in [0.1, 0.15) is 0 Å². The van der Waals surface area contributed by atoms with Crippen molar-refractivity contribution >= 4 is 12.4 Å². The second kappa shape index (κ2) is 7.36. The predicted molar refractivity (Wildman–Crippen MR) is 49.8 cm³/mol. The van der Waals surface area contributed by atoms with Crippen LogP contribution in [-0.4, -0.2) is 12.6 Å². The molecule has 0 spiro atoms. The van der Waals surface area contributed by atoms with Gasteiger partial charge in [-0.3, -0.25) is 0 Å². The van der Waals surface area contributed by atoms with E-state index < -0.39 is 0 Å². The van der Waals surface area contributed by atoms with Crippen LogP contribution in [0.3, 0.4) is 0 Å². The lowest BCUT2D eigenvalue weighted by molar-refractivity contribution is 0.504. The Morgan fingerprint density at radius 1 is 1.10 bits per heavy atom. The topological polar surface area (TPSA) is 12.0 Å². The molecule has 0 saturated carbocycles. The number of hydrogen-bond donors (Lipinski definition) is 1. The maximum Gasteiger partial charge on any atom is 0.00103 e. The maximum atomic E-state index is 3.38. The normalized spacial score (nSPS) is 10.2. The van der Waals surface area contributed by atoms with Crippen molar-refractivity contribution in [3.63, 3.8) is 0 Å². The Labute approximate surface area is 71.0 Å². The summed E-state index contributed by atoms with van der Waals surface area (Å²) < 4.78 is 0. The summed E-state index contributed by atoms with van der Waals surface area (Å²) in [4.78, 5) is 0. The minimum atomic E-state index is 0. The minimum Gasteiger partial charge on any atom is -0.315 e. The van der Waals surface area contributed by atoms with Crippen molar-refractivity contribution in [1.29, 1.82) is 0 Å². The van der Waals surface area contributed by atoms with Crippen molar-refractivity contribution in [3.05, 3.63) is 0 Å². The summed E-state index contributed by atoms with van der Waals surface area (Å²) in [6.45, 7) is 10.0. The molecule has 0 heterocycles. The Morgan fingerprint density at radius 2 is 1.60 bits per heavy atom. The van der Waals surface area contributed by atoms with Crippen LogP contribution in [0.2, 0.25) is 0 Å². The molecule has 0 fully saturated rings.